The third-order valence-corrected chi connectivity index (χ3v) is 8.21. The predicted molar refractivity (Wildman–Crippen MR) is 109 cm³/mol. The molecule has 1 amide bonds. The first-order chi connectivity index (χ1) is 13.6. The summed E-state index contributed by atoms with van der Waals surface area (Å²) in [6.45, 7) is 0.304. The highest BCUT2D eigenvalue weighted by molar-refractivity contribution is 7.91. The smallest absolute Gasteiger partial charge is 0.246 e. The zero-order chi connectivity index (χ0) is 21.2. The van der Waals surface area contributed by atoms with E-state index in [0.717, 1.165) is 6.26 Å². The van der Waals surface area contributed by atoms with Crippen LogP contribution in [0, 0.1) is 5.92 Å². The van der Waals surface area contributed by atoms with E-state index in [-0.39, 0.29) is 39.6 Å². The molecule has 0 aliphatic carbocycles. The van der Waals surface area contributed by atoms with E-state index in [0.29, 0.717) is 12.8 Å². The number of aromatic nitrogens is 1. The molecule has 1 aliphatic heterocycles. The van der Waals surface area contributed by atoms with Crippen molar-refractivity contribution in [1.82, 2.24) is 9.29 Å². The van der Waals surface area contributed by atoms with Crippen molar-refractivity contribution in [3.8, 4) is 0 Å². The maximum absolute atomic E-state index is 12.8. The number of sulfonamides is 1. The topological polar surface area (TPSA) is 114 Å². The number of hydrogen-bond donors (Lipinski definition) is 1. The number of benzene rings is 1. The lowest BCUT2D eigenvalue weighted by atomic mass is 9.97. The monoisotopic (exact) mass is 457 g/mol. The molecule has 2 heterocycles. The fraction of sp³-hybridized carbons (Fsp3) is 0.333. The Morgan fingerprint density at radius 3 is 2.31 bits per heavy atom. The minimum Gasteiger partial charge on any atom is -0.325 e. The van der Waals surface area contributed by atoms with E-state index in [2.05, 4.69) is 10.3 Å². The molecule has 1 aromatic heterocycles. The number of pyridine rings is 1. The highest BCUT2D eigenvalue weighted by Crippen LogP contribution is 2.28. The normalized spacial score (nSPS) is 16.5. The average Bonchev–Trinajstić information content (AvgIpc) is 2.68. The van der Waals surface area contributed by atoms with E-state index in [4.69, 9.17) is 11.6 Å². The largest absolute Gasteiger partial charge is 0.325 e. The maximum Gasteiger partial charge on any atom is 0.246 e. The Morgan fingerprint density at radius 2 is 1.69 bits per heavy atom. The molecule has 0 spiro atoms. The van der Waals surface area contributed by atoms with E-state index < -0.39 is 25.8 Å². The van der Waals surface area contributed by atoms with E-state index >= 15 is 0 Å². The van der Waals surface area contributed by atoms with E-state index in [1.807, 2.05) is 0 Å². The van der Waals surface area contributed by atoms with Gasteiger partial charge < -0.3 is 5.32 Å². The molecule has 3 rings (SSSR count). The first kappa shape index (κ1) is 21.7. The highest BCUT2D eigenvalue weighted by atomic mass is 35.5. The second kappa shape index (κ2) is 8.39. The van der Waals surface area contributed by atoms with Gasteiger partial charge in [-0.15, -0.1) is 0 Å². The Balaban J connectivity index is 1.69. The quantitative estimate of drug-likeness (QED) is 0.688. The van der Waals surface area contributed by atoms with Gasteiger partial charge in [0, 0.05) is 31.5 Å². The predicted octanol–water partition coefficient (Wildman–Crippen LogP) is 2.18. The Bertz CT molecular complexity index is 1130. The molecular weight excluding hydrogens is 438 g/mol. The molecule has 8 nitrogen and oxygen atoms in total. The zero-order valence-electron chi connectivity index (χ0n) is 15.6. The molecule has 1 aromatic carbocycles. The molecule has 0 atom stereocenters. The number of para-hydroxylation sites is 1. The molecule has 156 valence electrons. The van der Waals surface area contributed by atoms with Gasteiger partial charge in [-0.05, 0) is 37.1 Å². The number of carbonyl (C=O) groups excluding carboxylic acids is 1. The minimum atomic E-state index is -3.80. The molecule has 2 aromatic rings. The Morgan fingerprint density at radius 1 is 1.07 bits per heavy atom. The van der Waals surface area contributed by atoms with Crippen LogP contribution in [0.15, 0.2) is 52.4 Å². The van der Waals surface area contributed by atoms with Crippen molar-refractivity contribution in [1.29, 1.82) is 0 Å². The highest BCUT2D eigenvalue weighted by Gasteiger charge is 2.33. The van der Waals surface area contributed by atoms with Gasteiger partial charge >= 0.3 is 0 Å². The van der Waals surface area contributed by atoms with Crippen molar-refractivity contribution in [3.05, 3.63) is 47.7 Å². The number of amides is 1. The molecule has 1 saturated heterocycles. The first-order valence-corrected chi connectivity index (χ1v) is 12.5. The Hall–Kier alpha value is -2.01. The summed E-state index contributed by atoms with van der Waals surface area (Å²) < 4.78 is 50.6. The third-order valence-electron chi connectivity index (χ3n) is 4.71. The number of sulfone groups is 1. The number of piperidine rings is 1. The number of nitrogens with zero attached hydrogens (tertiary/aromatic N) is 2. The zero-order valence-corrected chi connectivity index (χ0v) is 18.0. The van der Waals surface area contributed by atoms with Crippen LogP contribution in [0.5, 0.6) is 0 Å². The van der Waals surface area contributed by atoms with Gasteiger partial charge in [0.15, 0.2) is 9.84 Å². The van der Waals surface area contributed by atoms with Crippen molar-refractivity contribution in [2.45, 2.75) is 22.6 Å². The third kappa shape index (κ3) is 4.77. The lowest BCUT2D eigenvalue weighted by Crippen LogP contribution is -2.41. The minimum absolute atomic E-state index is 0.0413. The summed E-state index contributed by atoms with van der Waals surface area (Å²) in [4.78, 5) is 16.4. The van der Waals surface area contributed by atoms with Crippen LogP contribution >= 0.6 is 11.6 Å². The second-order valence-electron chi connectivity index (χ2n) is 6.73. The summed E-state index contributed by atoms with van der Waals surface area (Å²) in [5.74, 6) is -0.768. The molecule has 0 unspecified atom stereocenters. The van der Waals surface area contributed by atoms with Gasteiger partial charge in [0.25, 0.3) is 0 Å². The molecule has 0 saturated carbocycles. The summed E-state index contributed by atoms with van der Waals surface area (Å²) in [6.07, 6.45) is 3.10. The molecule has 11 heteroatoms. The van der Waals surface area contributed by atoms with Crippen LogP contribution in [0.25, 0.3) is 0 Å². The maximum atomic E-state index is 12.8. The van der Waals surface area contributed by atoms with Gasteiger partial charge in [-0.3, -0.25) is 4.79 Å². The van der Waals surface area contributed by atoms with Gasteiger partial charge in [0.2, 0.25) is 15.9 Å². The fourth-order valence-electron chi connectivity index (χ4n) is 3.19. The van der Waals surface area contributed by atoms with Crippen LogP contribution in [-0.4, -0.2) is 51.4 Å². The van der Waals surface area contributed by atoms with Crippen LogP contribution in [0.2, 0.25) is 5.15 Å². The van der Waals surface area contributed by atoms with Crippen LogP contribution < -0.4 is 5.32 Å². The molecule has 29 heavy (non-hydrogen) atoms. The molecule has 1 fully saturated rings. The van der Waals surface area contributed by atoms with Gasteiger partial charge in [-0.25, -0.2) is 21.8 Å². The molecule has 0 radical (unpaired) electrons. The van der Waals surface area contributed by atoms with Crippen LogP contribution in [0.4, 0.5) is 5.69 Å². The van der Waals surface area contributed by atoms with Gasteiger partial charge in [-0.2, -0.15) is 4.31 Å². The lowest BCUT2D eigenvalue weighted by molar-refractivity contribution is -0.120. The number of anilines is 1. The summed E-state index contributed by atoms with van der Waals surface area (Å²) in [5, 5.41) is 2.57. The van der Waals surface area contributed by atoms with E-state index in [1.165, 1.54) is 34.8 Å². The van der Waals surface area contributed by atoms with Crippen molar-refractivity contribution < 1.29 is 21.6 Å². The summed E-state index contributed by atoms with van der Waals surface area (Å²) in [6, 6.07) is 9.07. The number of hydrogen-bond acceptors (Lipinski definition) is 6. The van der Waals surface area contributed by atoms with Crippen LogP contribution in [-0.2, 0) is 24.7 Å². The first-order valence-electron chi connectivity index (χ1n) is 8.81. The summed E-state index contributed by atoms with van der Waals surface area (Å²) in [7, 11) is -7.29. The van der Waals surface area contributed by atoms with Crippen LogP contribution in [0.1, 0.15) is 12.8 Å². The number of carbonyl (C=O) groups is 1. The average molecular weight is 458 g/mol. The van der Waals surface area contributed by atoms with Gasteiger partial charge in [-0.1, -0.05) is 23.7 Å². The summed E-state index contributed by atoms with van der Waals surface area (Å²) >= 11 is 5.92. The second-order valence-corrected chi connectivity index (χ2v) is 11.0. The van der Waals surface area contributed by atoms with Gasteiger partial charge in [0.1, 0.15) is 10.0 Å². The van der Waals surface area contributed by atoms with Crippen LogP contribution in [0.3, 0.4) is 0 Å². The fourth-order valence-corrected chi connectivity index (χ4v) is 5.93. The summed E-state index contributed by atoms with van der Waals surface area (Å²) in [5.41, 5.74) is 0.220. The molecule has 1 N–H and O–H groups in total. The van der Waals surface area contributed by atoms with E-state index in [9.17, 15) is 21.6 Å². The SMILES string of the molecule is CS(=O)(=O)c1ccccc1NC(=O)C1CCN(S(=O)(=O)c2cccnc2Cl)CC1. The van der Waals surface area contributed by atoms with Crippen molar-refractivity contribution >= 4 is 43.1 Å². The Kier molecular flexibility index (Phi) is 6.27. The standard InChI is InChI=1S/C18H20ClN3O5S2/c1-28(24,25)15-6-3-2-5-14(15)21-18(23)13-8-11-22(12-9-13)29(26,27)16-7-4-10-20-17(16)19/h2-7,10,13H,8-9,11-12H2,1H3,(H,21,23). The number of rotatable bonds is 5. The number of nitrogens with one attached hydrogen (secondary N) is 1. The number of halogens is 1. The van der Waals surface area contributed by atoms with Gasteiger partial charge in [0.05, 0.1) is 10.6 Å². The van der Waals surface area contributed by atoms with E-state index in [1.54, 1.807) is 12.1 Å². The van der Waals surface area contributed by atoms with Crippen molar-refractivity contribution in [3.63, 3.8) is 0 Å². The van der Waals surface area contributed by atoms with Crippen molar-refractivity contribution in [2.24, 2.45) is 5.92 Å². The lowest BCUT2D eigenvalue weighted by Gasteiger charge is -2.30. The Labute approximate surface area is 174 Å². The molecule has 0 bridgehead atoms. The van der Waals surface area contributed by atoms with Crippen molar-refractivity contribution in [2.75, 3.05) is 24.7 Å². The molecule has 1 aliphatic rings. The molecular formula is C18H20ClN3O5S2.